The third kappa shape index (κ3) is 18.4. The number of amides is 4. The minimum absolute atomic E-state index is 0.164. The number of carbonyl (C=O) groups is 5. The van der Waals surface area contributed by atoms with Crippen molar-refractivity contribution in [3.05, 3.63) is 281 Å². The number of hydrogen-bond acceptors (Lipinski definition) is 15. The van der Waals surface area contributed by atoms with Crippen LogP contribution in [0.2, 0.25) is 30.1 Å². The number of hydrogen-bond donors (Lipinski definition) is 4. The number of halogens is 6. The van der Waals surface area contributed by atoms with E-state index in [2.05, 4.69) is 32.4 Å². The van der Waals surface area contributed by atoms with Gasteiger partial charge in [-0.15, -0.1) is 0 Å². The van der Waals surface area contributed by atoms with Gasteiger partial charge >= 0.3 is 30.5 Å². The van der Waals surface area contributed by atoms with Crippen LogP contribution in [0.3, 0.4) is 0 Å². The number of nitrogens with one attached hydrogen (secondary N) is 4. The fraction of sp³-hybridized carbons (Fsp3) is 0.253. The summed E-state index contributed by atoms with van der Waals surface area (Å²) in [6.07, 6.45) is 0.973. The number of anilines is 1. The van der Waals surface area contributed by atoms with E-state index >= 15 is 0 Å². The number of H-pyrrole nitrogens is 3. The summed E-state index contributed by atoms with van der Waals surface area (Å²) in [5.74, 6) is 2.62. The number of carbonyl (C=O) groups excluding carboxylic acids is 5. The van der Waals surface area contributed by atoms with Gasteiger partial charge in [0, 0.05) is 131 Å². The fourth-order valence-corrected chi connectivity index (χ4v) is 16.1. The summed E-state index contributed by atoms with van der Waals surface area (Å²) in [4.78, 5) is 81.1. The van der Waals surface area contributed by atoms with Crippen molar-refractivity contribution in [2.24, 2.45) is 0 Å². The lowest BCUT2D eigenvalue weighted by molar-refractivity contribution is 0.0976. The van der Waals surface area contributed by atoms with Crippen LogP contribution in [0.15, 0.2) is 200 Å². The Labute approximate surface area is 692 Å². The van der Waals surface area contributed by atoms with Crippen molar-refractivity contribution in [3.63, 3.8) is 0 Å². The second-order valence-electron chi connectivity index (χ2n) is 27.9. The molecule has 115 heavy (non-hydrogen) atoms. The summed E-state index contributed by atoms with van der Waals surface area (Å²) in [5.41, 5.74) is 12.9. The topological polar surface area (TPSA) is 241 Å². The van der Waals surface area contributed by atoms with Crippen LogP contribution in [0.25, 0.3) is 32.7 Å². The number of piperidine rings is 1. The minimum atomic E-state index is -0.688. The first-order valence-corrected chi connectivity index (χ1v) is 39.8. The number of fused-ring (bicyclic) bond motifs is 9. The Balaban J connectivity index is 0.000000136. The van der Waals surface area contributed by atoms with Crippen molar-refractivity contribution in [1.82, 2.24) is 34.6 Å². The molecule has 0 spiro atoms. The highest BCUT2D eigenvalue weighted by Crippen LogP contribution is 2.45. The van der Waals surface area contributed by atoms with E-state index in [0.29, 0.717) is 125 Å². The molecule has 2 saturated heterocycles. The molecule has 3 aromatic heterocycles. The van der Waals surface area contributed by atoms with Crippen molar-refractivity contribution < 1.29 is 66.6 Å². The van der Waals surface area contributed by atoms with Crippen LogP contribution in [0.5, 0.6) is 28.7 Å². The van der Waals surface area contributed by atoms with E-state index in [9.17, 15) is 24.0 Å². The molecular formula is C87H78Cl6N8O14. The molecule has 0 saturated carbocycles. The zero-order valence-electron chi connectivity index (χ0n) is 62.3. The molecule has 4 atom stereocenters. The summed E-state index contributed by atoms with van der Waals surface area (Å²) < 4.78 is 48.7. The minimum Gasteiger partial charge on any atom is -0.491 e. The van der Waals surface area contributed by atoms with E-state index < -0.39 is 36.6 Å². The van der Waals surface area contributed by atoms with Gasteiger partial charge in [0.25, 0.3) is 0 Å². The molecule has 4 N–H and O–H groups in total. The van der Waals surface area contributed by atoms with Crippen LogP contribution in [0.1, 0.15) is 88.4 Å². The third-order valence-electron chi connectivity index (χ3n) is 20.7. The zero-order valence-corrected chi connectivity index (χ0v) is 66.9. The number of rotatable bonds is 16. The lowest BCUT2D eigenvalue weighted by Crippen LogP contribution is -2.42. The molecule has 5 aliphatic heterocycles. The summed E-state index contributed by atoms with van der Waals surface area (Å²) in [7, 11) is 1.64. The molecule has 5 aliphatic rings. The van der Waals surface area contributed by atoms with E-state index in [1.54, 1.807) is 99.5 Å². The molecule has 12 aromatic rings. The van der Waals surface area contributed by atoms with Gasteiger partial charge in [-0.05, 0) is 236 Å². The molecular weight excluding hydrogens is 1590 g/mol. The molecule has 0 aliphatic carbocycles. The quantitative estimate of drug-likeness (QED) is 0.0519. The number of cyclic esters (lactones) is 2. The SMILES string of the molecule is CCOC(=O)N1CCC(Nc2ccc(C3c4[nH]c5ccc(Cl)cc5c4CCN3C(=O)Oc3ccc(Cl)cc3)cc2)CC1.COCCOc1ccc(C2c3[nH]c4ccc(Cl)cc4c3CCN2C(=O)Oc2ccc(Cl)cc2)cc1.O=C1OCC(COc2ccc(C3c4[nH]c5ccc(Cl)cc5c4CCN3C(=O)Oc3ccc(Cl)cc3)cc2)O1. The van der Waals surface area contributed by atoms with Crippen LogP contribution in [0.4, 0.5) is 29.7 Å². The van der Waals surface area contributed by atoms with E-state index in [1.165, 1.54) is 0 Å². The number of ether oxygens (including phenoxy) is 9. The highest BCUT2D eigenvalue weighted by molar-refractivity contribution is 6.32. The Morgan fingerprint density at radius 3 is 1.17 bits per heavy atom. The summed E-state index contributed by atoms with van der Waals surface area (Å²) >= 11 is 36.9. The second kappa shape index (κ2) is 35.8. The highest BCUT2D eigenvalue weighted by atomic mass is 35.5. The maximum Gasteiger partial charge on any atom is 0.508 e. The average Bonchev–Trinajstić information content (AvgIpc) is 1.63. The molecule has 2 fully saturated rings. The number of benzene rings is 9. The molecule has 0 bridgehead atoms. The number of methoxy groups -OCH3 is 1. The second-order valence-corrected chi connectivity index (χ2v) is 30.6. The molecule has 592 valence electrons. The van der Waals surface area contributed by atoms with Gasteiger partial charge in [-0.1, -0.05) is 106 Å². The summed E-state index contributed by atoms with van der Waals surface area (Å²) in [6, 6.07) is 60.1. The highest BCUT2D eigenvalue weighted by Gasteiger charge is 2.40. The van der Waals surface area contributed by atoms with Crippen molar-refractivity contribution >= 4 is 139 Å². The van der Waals surface area contributed by atoms with Gasteiger partial charge in [0.15, 0.2) is 6.10 Å². The first kappa shape index (κ1) is 79.3. The van der Waals surface area contributed by atoms with Crippen LogP contribution in [-0.2, 0) is 38.2 Å². The predicted octanol–water partition coefficient (Wildman–Crippen LogP) is 20.8. The average molecular weight is 1670 g/mol. The standard InChI is InChI=1S/C32H32Cl2N4O4.C28H22Cl2N2O6.C27H24Cl2N2O4/c1-2-41-31(39)37-16-13-24(14-17-37)35-23-8-3-20(4-9-23)30-29-26(27-19-22(34)7-12-28(27)36-29)15-18-38(30)32(40)42-25-10-5-21(33)6-11-25;29-17-3-8-20(9-4-17)37-27(33)32-12-11-22-23-13-18(30)5-10-24(23)31-25(22)26(32)16-1-6-19(7-2-16)35-14-21-15-36-28(34)38-21;1-33-14-15-34-20-7-2-17(3-8-20)26-25-22(23-16-19(29)6-11-24(23)30-25)12-13-31(26)27(32)35-21-9-4-18(28)5-10-21/h3-12,19,24,30,35-36H,2,13-18H2,1H3;1-10,13,21,26,31H,11-12,14-15H2;2-11,16,26,30H,12-15H2,1H3. The van der Waals surface area contributed by atoms with Gasteiger partial charge in [-0.3, -0.25) is 14.7 Å². The van der Waals surface area contributed by atoms with Crippen LogP contribution in [-0.4, -0.2) is 150 Å². The Morgan fingerprint density at radius 1 is 0.443 bits per heavy atom. The van der Waals surface area contributed by atoms with Crippen molar-refractivity contribution in [2.75, 3.05) is 78.2 Å². The largest absolute Gasteiger partial charge is 0.508 e. The number of likely N-dealkylation sites (tertiary alicyclic amines) is 1. The van der Waals surface area contributed by atoms with Gasteiger partial charge in [0.05, 0.1) is 13.2 Å². The molecule has 8 heterocycles. The van der Waals surface area contributed by atoms with Gasteiger partial charge in [-0.2, -0.15) is 0 Å². The maximum atomic E-state index is 13.5. The smallest absolute Gasteiger partial charge is 0.491 e. The maximum absolute atomic E-state index is 13.5. The van der Waals surface area contributed by atoms with Crippen LogP contribution in [0, 0.1) is 0 Å². The van der Waals surface area contributed by atoms with Gasteiger partial charge in [-0.25, -0.2) is 24.0 Å². The number of nitrogens with zero attached hydrogens (tertiary/aromatic N) is 4. The Hall–Kier alpha value is -11.0. The molecule has 28 heteroatoms. The molecule has 4 unspecified atom stereocenters. The van der Waals surface area contributed by atoms with Gasteiger partial charge in [0.2, 0.25) is 0 Å². The number of aromatic amines is 3. The number of aromatic nitrogens is 3. The Bertz CT molecular complexity index is 5490. The lowest BCUT2D eigenvalue weighted by Gasteiger charge is -2.35. The molecule has 9 aromatic carbocycles. The lowest BCUT2D eigenvalue weighted by atomic mass is 9.92. The first-order valence-electron chi connectivity index (χ1n) is 37.6. The van der Waals surface area contributed by atoms with Crippen LogP contribution < -0.4 is 29.0 Å². The van der Waals surface area contributed by atoms with Gasteiger partial charge in [0.1, 0.15) is 66.7 Å². The van der Waals surface area contributed by atoms with Crippen molar-refractivity contribution in [1.29, 1.82) is 0 Å². The van der Waals surface area contributed by atoms with E-state index in [0.717, 1.165) is 107 Å². The third-order valence-corrected chi connectivity index (χ3v) is 22.1. The fourth-order valence-electron chi connectivity index (χ4n) is 15.2. The molecule has 0 radical (unpaired) electrons. The predicted molar refractivity (Wildman–Crippen MR) is 443 cm³/mol. The molecule has 4 amide bonds. The van der Waals surface area contributed by atoms with Crippen molar-refractivity contribution in [2.45, 2.75) is 69.3 Å². The Morgan fingerprint density at radius 2 is 0.809 bits per heavy atom. The summed E-state index contributed by atoms with van der Waals surface area (Å²) in [5, 5.41) is 10.5. The Kier molecular flexibility index (Phi) is 24.7. The van der Waals surface area contributed by atoms with E-state index in [4.69, 9.17) is 112 Å². The van der Waals surface area contributed by atoms with Crippen LogP contribution >= 0.6 is 69.6 Å². The molecule has 22 nitrogen and oxygen atoms in total. The first-order chi connectivity index (χ1) is 55.9. The molecule has 17 rings (SSSR count). The van der Waals surface area contributed by atoms with Gasteiger partial charge < -0.3 is 67.8 Å². The summed E-state index contributed by atoms with van der Waals surface area (Å²) in [6.45, 7) is 6.28. The monoisotopic (exact) mass is 1670 g/mol. The normalized spacial score (nSPS) is 17.0. The van der Waals surface area contributed by atoms with E-state index in [-0.39, 0.29) is 37.4 Å². The zero-order chi connectivity index (χ0) is 79.8. The van der Waals surface area contributed by atoms with E-state index in [1.807, 2.05) is 122 Å². The van der Waals surface area contributed by atoms with Crippen molar-refractivity contribution in [3.8, 4) is 28.7 Å².